The maximum atomic E-state index is 5.36. The maximum Gasteiger partial charge on any atom is 0.161 e. The Labute approximate surface area is 166 Å². The molecule has 0 unspecified atom stereocenters. The van der Waals surface area contributed by atoms with Crippen LogP contribution < -0.4 is 20.1 Å². The number of aromatic nitrogens is 2. The first kappa shape index (κ1) is 19.5. The number of anilines is 3. The fraction of sp³-hybridized carbons (Fsp3) is 0.273. The van der Waals surface area contributed by atoms with Crippen molar-refractivity contribution < 1.29 is 9.47 Å². The number of nitrogens with one attached hydrogen (secondary N) is 2. The van der Waals surface area contributed by atoms with Crippen molar-refractivity contribution in [2.75, 3.05) is 24.9 Å². The molecule has 2 N–H and O–H groups in total. The summed E-state index contributed by atoms with van der Waals surface area (Å²) in [7, 11) is 3.26. The summed E-state index contributed by atoms with van der Waals surface area (Å²) in [6.07, 6.45) is 0. The molecular formula is C22H26N4O2. The second-order valence-corrected chi connectivity index (χ2v) is 6.65. The Kier molecular flexibility index (Phi) is 5.99. The summed E-state index contributed by atoms with van der Waals surface area (Å²) in [6.45, 7) is 6.69. The van der Waals surface area contributed by atoms with Gasteiger partial charge in [0.25, 0.3) is 0 Å². The van der Waals surface area contributed by atoms with Gasteiger partial charge in [0.1, 0.15) is 17.5 Å². The number of ether oxygens (including phenoxy) is 2. The van der Waals surface area contributed by atoms with E-state index in [1.807, 2.05) is 31.2 Å². The molecule has 0 aliphatic heterocycles. The molecule has 0 aliphatic rings. The van der Waals surface area contributed by atoms with Crippen molar-refractivity contribution in [2.45, 2.75) is 27.3 Å². The second kappa shape index (κ2) is 8.61. The summed E-state index contributed by atoms with van der Waals surface area (Å²) < 4.78 is 10.6. The number of benzene rings is 2. The van der Waals surface area contributed by atoms with Crippen LogP contribution in [-0.4, -0.2) is 24.2 Å². The van der Waals surface area contributed by atoms with Crippen LogP contribution in [0.15, 0.2) is 42.5 Å². The molecule has 0 atom stereocenters. The molecule has 3 rings (SSSR count). The third-order valence-corrected chi connectivity index (χ3v) is 4.54. The first-order valence-corrected chi connectivity index (χ1v) is 9.13. The third-order valence-electron chi connectivity index (χ3n) is 4.54. The summed E-state index contributed by atoms with van der Waals surface area (Å²) in [6, 6.07) is 14.0. The van der Waals surface area contributed by atoms with Crippen molar-refractivity contribution in [1.82, 2.24) is 9.97 Å². The van der Waals surface area contributed by atoms with Crippen LogP contribution in [0.1, 0.15) is 22.5 Å². The average molecular weight is 378 g/mol. The highest BCUT2D eigenvalue weighted by Gasteiger charge is 2.07. The van der Waals surface area contributed by atoms with E-state index in [4.69, 9.17) is 9.47 Å². The molecule has 0 amide bonds. The van der Waals surface area contributed by atoms with Gasteiger partial charge in [0.2, 0.25) is 0 Å². The van der Waals surface area contributed by atoms with Gasteiger partial charge in [0.15, 0.2) is 11.5 Å². The number of nitrogens with zero attached hydrogens (tertiary/aromatic N) is 2. The van der Waals surface area contributed by atoms with E-state index in [2.05, 4.69) is 52.6 Å². The summed E-state index contributed by atoms with van der Waals surface area (Å²) in [5.74, 6) is 3.63. The predicted molar refractivity (Wildman–Crippen MR) is 113 cm³/mol. The van der Waals surface area contributed by atoms with Crippen molar-refractivity contribution in [2.24, 2.45) is 0 Å². The lowest BCUT2D eigenvalue weighted by Gasteiger charge is -2.12. The Hall–Kier alpha value is -3.28. The maximum absolute atomic E-state index is 5.36. The Bertz CT molecular complexity index is 973. The van der Waals surface area contributed by atoms with Crippen molar-refractivity contribution in [3.05, 3.63) is 65.0 Å². The van der Waals surface area contributed by atoms with Crippen molar-refractivity contribution in [3.8, 4) is 11.5 Å². The molecule has 0 aliphatic carbocycles. The zero-order valence-corrected chi connectivity index (χ0v) is 17.0. The molecule has 0 saturated heterocycles. The van der Waals surface area contributed by atoms with Gasteiger partial charge in [0.05, 0.1) is 14.2 Å². The van der Waals surface area contributed by atoms with Gasteiger partial charge in [0, 0.05) is 18.3 Å². The van der Waals surface area contributed by atoms with E-state index in [0.717, 1.165) is 22.9 Å². The van der Waals surface area contributed by atoms with Crippen LogP contribution in [0, 0.1) is 20.8 Å². The Morgan fingerprint density at radius 2 is 1.54 bits per heavy atom. The molecule has 0 saturated carbocycles. The fourth-order valence-corrected chi connectivity index (χ4v) is 2.87. The molecule has 28 heavy (non-hydrogen) atoms. The van der Waals surface area contributed by atoms with Crippen LogP contribution in [0.2, 0.25) is 0 Å². The Morgan fingerprint density at radius 3 is 2.25 bits per heavy atom. The molecule has 0 spiro atoms. The van der Waals surface area contributed by atoms with Crippen LogP contribution >= 0.6 is 0 Å². The lowest BCUT2D eigenvalue weighted by Crippen LogP contribution is -2.05. The first-order chi connectivity index (χ1) is 13.5. The highest BCUT2D eigenvalue weighted by Crippen LogP contribution is 2.28. The van der Waals surface area contributed by atoms with Crippen molar-refractivity contribution >= 4 is 17.3 Å². The highest BCUT2D eigenvalue weighted by atomic mass is 16.5. The summed E-state index contributed by atoms with van der Waals surface area (Å²) >= 11 is 0. The Morgan fingerprint density at radius 1 is 0.786 bits per heavy atom. The van der Waals surface area contributed by atoms with Gasteiger partial charge < -0.3 is 20.1 Å². The second-order valence-electron chi connectivity index (χ2n) is 6.65. The third kappa shape index (κ3) is 4.71. The van der Waals surface area contributed by atoms with Crippen LogP contribution in [0.25, 0.3) is 0 Å². The number of methoxy groups -OCH3 is 2. The van der Waals surface area contributed by atoms with Gasteiger partial charge in [-0.05, 0) is 61.7 Å². The molecule has 146 valence electrons. The number of rotatable bonds is 7. The fourth-order valence-electron chi connectivity index (χ4n) is 2.87. The predicted octanol–water partition coefficient (Wildman–Crippen LogP) is 4.77. The van der Waals surface area contributed by atoms with Crippen LogP contribution in [0.4, 0.5) is 17.3 Å². The van der Waals surface area contributed by atoms with Crippen LogP contribution in [0.3, 0.4) is 0 Å². The summed E-state index contributed by atoms with van der Waals surface area (Å²) in [5.41, 5.74) is 4.58. The van der Waals surface area contributed by atoms with Crippen LogP contribution in [-0.2, 0) is 6.54 Å². The quantitative estimate of drug-likeness (QED) is 0.617. The normalized spacial score (nSPS) is 10.5. The van der Waals surface area contributed by atoms with E-state index in [1.54, 1.807) is 14.2 Å². The molecule has 0 fully saturated rings. The molecule has 2 aromatic carbocycles. The van der Waals surface area contributed by atoms with Gasteiger partial charge in [-0.15, -0.1) is 0 Å². The van der Waals surface area contributed by atoms with Gasteiger partial charge in [-0.25, -0.2) is 9.97 Å². The number of hydrogen-bond acceptors (Lipinski definition) is 6. The molecule has 6 heteroatoms. The van der Waals surface area contributed by atoms with Gasteiger partial charge in [-0.3, -0.25) is 0 Å². The Balaban J connectivity index is 1.73. The van der Waals surface area contributed by atoms with Crippen molar-refractivity contribution in [1.29, 1.82) is 0 Å². The lowest BCUT2D eigenvalue weighted by atomic mass is 10.1. The number of hydrogen-bond donors (Lipinski definition) is 2. The number of aryl methyl sites for hydroxylation is 3. The monoisotopic (exact) mass is 378 g/mol. The minimum atomic E-state index is 0.611. The van der Waals surface area contributed by atoms with E-state index in [-0.39, 0.29) is 0 Å². The molecule has 6 nitrogen and oxygen atoms in total. The minimum Gasteiger partial charge on any atom is -0.493 e. The van der Waals surface area contributed by atoms with Gasteiger partial charge in [-0.1, -0.05) is 12.1 Å². The zero-order valence-electron chi connectivity index (χ0n) is 17.0. The topological polar surface area (TPSA) is 68.3 Å². The highest BCUT2D eigenvalue weighted by molar-refractivity contribution is 5.60. The van der Waals surface area contributed by atoms with E-state index in [9.17, 15) is 0 Å². The van der Waals surface area contributed by atoms with E-state index in [1.165, 1.54) is 11.1 Å². The molecule has 1 aromatic heterocycles. The molecular weight excluding hydrogens is 352 g/mol. The smallest absolute Gasteiger partial charge is 0.161 e. The molecule has 0 radical (unpaired) electrons. The van der Waals surface area contributed by atoms with E-state index >= 15 is 0 Å². The average Bonchev–Trinajstić information content (AvgIpc) is 2.68. The molecule has 1 heterocycles. The first-order valence-electron chi connectivity index (χ1n) is 9.13. The SMILES string of the molecule is COc1ccc(CNc2cc(Nc3ccc(C)c(C)c3)nc(C)n2)cc1OC. The van der Waals surface area contributed by atoms with E-state index < -0.39 is 0 Å². The van der Waals surface area contributed by atoms with Crippen molar-refractivity contribution in [3.63, 3.8) is 0 Å². The largest absolute Gasteiger partial charge is 0.493 e. The van der Waals surface area contributed by atoms with Gasteiger partial charge >= 0.3 is 0 Å². The standard InChI is InChI=1S/C22H26N4O2/c1-14-6-8-18(10-15(14)2)26-22-12-21(24-16(3)25-22)23-13-17-7-9-19(27-4)20(11-17)28-5/h6-12H,13H2,1-5H3,(H2,23,24,25,26). The lowest BCUT2D eigenvalue weighted by molar-refractivity contribution is 0.354. The summed E-state index contributed by atoms with van der Waals surface area (Å²) in [4.78, 5) is 8.97. The molecule has 0 bridgehead atoms. The van der Waals surface area contributed by atoms with Gasteiger partial charge in [-0.2, -0.15) is 0 Å². The van der Waals surface area contributed by atoms with Crippen LogP contribution in [0.5, 0.6) is 11.5 Å². The van der Waals surface area contributed by atoms with E-state index in [0.29, 0.717) is 23.9 Å². The zero-order chi connectivity index (χ0) is 20.1. The summed E-state index contributed by atoms with van der Waals surface area (Å²) in [5, 5.41) is 6.71. The molecule has 3 aromatic rings. The minimum absolute atomic E-state index is 0.611.